The molecule has 4 heteroatoms. The molecule has 0 aromatic heterocycles. The number of hydrogen-bond acceptors (Lipinski definition) is 4. The van der Waals surface area contributed by atoms with Crippen molar-refractivity contribution in [2.75, 3.05) is 27.9 Å². The first-order valence-corrected chi connectivity index (χ1v) is 6.98. The SMILES string of the molecule is CCNC(CC(C)(C)OC)c1c(OC)cccc1OC. The first-order chi connectivity index (χ1) is 9.49. The van der Waals surface area contributed by atoms with Crippen molar-refractivity contribution in [1.29, 1.82) is 0 Å². The Hall–Kier alpha value is -1.26. The highest BCUT2D eigenvalue weighted by molar-refractivity contribution is 5.47. The molecule has 0 spiro atoms. The van der Waals surface area contributed by atoms with Crippen molar-refractivity contribution in [2.24, 2.45) is 0 Å². The smallest absolute Gasteiger partial charge is 0.127 e. The van der Waals surface area contributed by atoms with Gasteiger partial charge in [-0.25, -0.2) is 0 Å². The Morgan fingerprint density at radius 1 is 1.10 bits per heavy atom. The van der Waals surface area contributed by atoms with Crippen LogP contribution in [0, 0.1) is 0 Å². The molecule has 1 atom stereocenters. The van der Waals surface area contributed by atoms with Gasteiger partial charge in [0.05, 0.1) is 25.4 Å². The zero-order valence-corrected chi connectivity index (χ0v) is 13.4. The van der Waals surface area contributed by atoms with E-state index < -0.39 is 0 Å². The molecule has 0 saturated carbocycles. The average molecular weight is 281 g/mol. The summed E-state index contributed by atoms with van der Waals surface area (Å²) < 4.78 is 16.6. The van der Waals surface area contributed by atoms with E-state index in [-0.39, 0.29) is 11.6 Å². The van der Waals surface area contributed by atoms with E-state index in [0.717, 1.165) is 30.0 Å². The molecular weight excluding hydrogens is 254 g/mol. The van der Waals surface area contributed by atoms with Gasteiger partial charge < -0.3 is 19.5 Å². The van der Waals surface area contributed by atoms with E-state index in [0.29, 0.717) is 0 Å². The Balaban J connectivity index is 3.19. The third-order valence-electron chi connectivity index (χ3n) is 3.51. The Kier molecular flexibility index (Phi) is 6.30. The van der Waals surface area contributed by atoms with Crippen LogP contribution in [0.15, 0.2) is 18.2 Å². The van der Waals surface area contributed by atoms with Gasteiger partial charge in [0.15, 0.2) is 0 Å². The first-order valence-electron chi connectivity index (χ1n) is 6.98. The average Bonchev–Trinajstić information content (AvgIpc) is 2.45. The van der Waals surface area contributed by atoms with Gasteiger partial charge >= 0.3 is 0 Å². The largest absolute Gasteiger partial charge is 0.496 e. The van der Waals surface area contributed by atoms with Crippen LogP contribution in [0.4, 0.5) is 0 Å². The molecule has 0 heterocycles. The summed E-state index contributed by atoms with van der Waals surface area (Å²) in [6, 6.07) is 5.97. The lowest BCUT2D eigenvalue weighted by atomic mass is 9.92. The number of ether oxygens (including phenoxy) is 3. The second kappa shape index (κ2) is 7.50. The molecule has 1 unspecified atom stereocenters. The van der Waals surface area contributed by atoms with E-state index in [1.807, 2.05) is 18.2 Å². The van der Waals surface area contributed by atoms with Crippen LogP contribution in [0.5, 0.6) is 11.5 Å². The molecule has 1 aromatic carbocycles. The summed E-state index contributed by atoms with van der Waals surface area (Å²) in [4.78, 5) is 0. The van der Waals surface area contributed by atoms with Gasteiger partial charge in [0.2, 0.25) is 0 Å². The fourth-order valence-corrected chi connectivity index (χ4v) is 2.32. The summed E-state index contributed by atoms with van der Waals surface area (Å²) in [5.74, 6) is 1.67. The summed E-state index contributed by atoms with van der Waals surface area (Å²) >= 11 is 0. The van der Waals surface area contributed by atoms with E-state index in [4.69, 9.17) is 14.2 Å². The lowest BCUT2D eigenvalue weighted by Gasteiger charge is -2.30. The van der Waals surface area contributed by atoms with Gasteiger partial charge in [-0.2, -0.15) is 0 Å². The van der Waals surface area contributed by atoms with Crippen molar-refractivity contribution in [3.63, 3.8) is 0 Å². The molecule has 0 aliphatic rings. The van der Waals surface area contributed by atoms with Crippen molar-refractivity contribution >= 4 is 0 Å². The van der Waals surface area contributed by atoms with Crippen molar-refractivity contribution < 1.29 is 14.2 Å². The number of rotatable bonds is 8. The number of benzene rings is 1. The van der Waals surface area contributed by atoms with Crippen LogP contribution in [-0.2, 0) is 4.74 Å². The molecule has 1 aromatic rings. The highest BCUT2D eigenvalue weighted by Gasteiger charge is 2.27. The molecule has 4 nitrogen and oxygen atoms in total. The molecule has 1 rings (SSSR count). The molecular formula is C16H27NO3. The fraction of sp³-hybridized carbons (Fsp3) is 0.625. The second-order valence-electron chi connectivity index (χ2n) is 5.35. The minimum absolute atomic E-state index is 0.112. The summed E-state index contributed by atoms with van der Waals surface area (Å²) in [5.41, 5.74) is 0.822. The van der Waals surface area contributed by atoms with Gasteiger partial charge in [-0.15, -0.1) is 0 Å². The molecule has 0 bridgehead atoms. The minimum Gasteiger partial charge on any atom is -0.496 e. The Bertz CT molecular complexity index is 396. The summed E-state index contributed by atoms with van der Waals surface area (Å²) in [7, 11) is 5.11. The van der Waals surface area contributed by atoms with E-state index in [2.05, 4.69) is 26.1 Å². The van der Waals surface area contributed by atoms with Crippen molar-refractivity contribution in [3.05, 3.63) is 23.8 Å². The van der Waals surface area contributed by atoms with Gasteiger partial charge in [0.25, 0.3) is 0 Å². The lowest BCUT2D eigenvalue weighted by Crippen LogP contribution is -2.32. The van der Waals surface area contributed by atoms with Crippen molar-refractivity contribution in [2.45, 2.75) is 38.8 Å². The van der Waals surface area contributed by atoms with Crippen molar-refractivity contribution in [3.8, 4) is 11.5 Å². The summed E-state index contributed by atoms with van der Waals surface area (Å²) in [6.07, 6.45) is 0.827. The van der Waals surface area contributed by atoms with Crippen LogP contribution in [0.3, 0.4) is 0 Å². The Morgan fingerprint density at radius 3 is 2.05 bits per heavy atom. The predicted molar refractivity (Wildman–Crippen MR) is 81.7 cm³/mol. The number of methoxy groups -OCH3 is 3. The number of nitrogens with one attached hydrogen (secondary N) is 1. The van der Waals surface area contributed by atoms with Crippen LogP contribution in [0.25, 0.3) is 0 Å². The normalized spacial score (nSPS) is 13.1. The van der Waals surface area contributed by atoms with Gasteiger partial charge in [-0.3, -0.25) is 0 Å². The van der Waals surface area contributed by atoms with Crippen LogP contribution >= 0.6 is 0 Å². The van der Waals surface area contributed by atoms with E-state index in [9.17, 15) is 0 Å². The monoisotopic (exact) mass is 281 g/mol. The quantitative estimate of drug-likeness (QED) is 0.794. The Morgan fingerprint density at radius 2 is 1.65 bits per heavy atom. The minimum atomic E-state index is -0.224. The second-order valence-corrected chi connectivity index (χ2v) is 5.35. The van der Waals surface area contributed by atoms with Gasteiger partial charge in [0, 0.05) is 13.2 Å². The molecule has 0 aliphatic heterocycles. The molecule has 114 valence electrons. The molecule has 1 N–H and O–H groups in total. The lowest BCUT2D eigenvalue weighted by molar-refractivity contribution is 0.00664. The first kappa shape index (κ1) is 16.8. The Labute approximate surface area is 122 Å². The highest BCUT2D eigenvalue weighted by Crippen LogP contribution is 2.38. The van der Waals surface area contributed by atoms with Crippen molar-refractivity contribution in [1.82, 2.24) is 5.32 Å². The maximum Gasteiger partial charge on any atom is 0.127 e. The maximum absolute atomic E-state index is 5.56. The van der Waals surface area contributed by atoms with Crippen LogP contribution in [-0.4, -0.2) is 33.5 Å². The molecule has 0 aliphatic carbocycles. The predicted octanol–water partition coefficient (Wildman–Crippen LogP) is 3.17. The molecule has 0 radical (unpaired) electrons. The number of hydrogen-bond donors (Lipinski definition) is 1. The summed E-state index contributed by atoms with van der Waals surface area (Å²) in [5, 5.41) is 3.50. The molecule has 20 heavy (non-hydrogen) atoms. The van der Waals surface area contributed by atoms with Crippen LogP contribution < -0.4 is 14.8 Å². The molecule has 0 fully saturated rings. The zero-order valence-electron chi connectivity index (χ0n) is 13.4. The van der Waals surface area contributed by atoms with Crippen LogP contribution in [0.1, 0.15) is 38.8 Å². The fourth-order valence-electron chi connectivity index (χ4n) is 2.32. The van der Waals surface area contributed by atoms with E-state index >= 15 is 0 Å². The van der Waals surface area contributed by atoms with E-state index in [1.54, 1.807) is 21.3 Å². The highest BCUT2D eigenvalue weighted by atomic mass is 16.5. The standard InChI is InChI=1S/C16H27NO3/c1-7-17-12(11-16(2,3)20-6)15-13(18-4)9-8-10-14(15)19-5/h8-10,12,17H,7,11H2,1-6H3. The van der Waals surface area contributed by atoms with Gasteiger partial charge in [-0.1, -0.05) is 13.0 Å². The third kappa shape index (κ3) is 4.12. The summed E-state index contributed by atoms with van der Waals surface area (Å²) in [6.45, 7) is 7.12. The van der Waals surface area contributed by atoms with Gasteiger partial charge in [-0.05, 0) is 38.9 Å². The van der Waals surface area contributed by atoms with Gasteiger partial charge in [0.1, 0.15) is 11.5 Å². The molecule has 0 amide bonds. The molecule has 0 saturated heterocycles. The van der Waals surface area contributed by atoms with Crippen LogP contribution in [0.2, 0.25) is 0 Å². The third-order valence-corrected chi connectivity index (χ3v) is 3.51. The maximum atomic E-state index is 5.56. The zero-order chi connectivity index (χ0) is 15.2. The topological polar surface area (TPSA) is 39.7 Å². The van der Waals surface area contributed by atoms with E-state index in [1.165, 1.54) is 0 Å².